The minimum Gasteiger partial charge on any atom is -0.494 e. The molecule has 0 bridgehead atoms. The van der Waals surface area contributed by atoms with Crippen molar-refractivity contribution < 1.29 is 14.3 Å². The van der Waals surface area contributed by atoms with E-state index >= 15 is 0 Å². The topological polar surface area (TPSA) is 76.9 Å². The third kappa shape index (κ3) is 4.10. The second-order valence-electron chi connectivity index (χ2n) is 7.99. The number of hydrogen-bond donors (Lipinski definition) is 0. The molecule has 0 radical (unpaired) electrons. The predicted molar refractivity (Wildman–Crippen MR) is 122 cm³/mol. The standard InChI is InChI=1S/C25H26N4O3/c1-3-16-32-21-10-6-19(7-11-21)22-23(28-14-12-27(2)13-15-28)25(31)29(24(22)30)20-8-4-18(17-26)5-9-20/h4-11H,3,12-16H2,1-2H3. The minimum absolute atomic E-state index is 0.328. The number of carbonyl (C=O) groups is 2. The van der Waals surface area contributed by atoms with Gasteiger partial charge in [-0.2, -0.15) is 5.26 Å². The van der Waals surface area contributed by atoms with Crippen LogP contribution >= 0.6 is 0 Å². The van der Waals surface area contributed by atoms with E-state index in [9.17, 15) is 9.59 Å². The Kier molecular flexibility index (Phi) is 6.24. The molecule has 2 aromatic rings. The fraction of sp³-hybridized carbons (Fsp3) is 0.320. The first-order chi connectivity index (χ1) is 15.5. The van der Waals surface area contributed by atoms with Gasteiger partial charge < -0.3 is 14.5 Å². The molecule has 4 rings (SSSR count). The lowest BCUT2D eigenvalue weighted by Gasteiger charge is -2.34. The number of ether oxygens (including phenoxy) is 1. The number of hydrogen-bond acceptors (Lipinski definition) is 6. The zero-order valence-corrected chi connectivity index (χ0v) is 18.4. The van der Waals surface area contributed by atoms with E-state index in [0.717, 1.165) is 25.3 Å². The van der Waals surface area contributed by atoms with Crippen molar-refractivity contribution in [3.8, 4) is 11.8 Å². The molecule has 0 aliphatic carbocycles. The molecule has 2 amide bonds. The molecule has 2 aliphatic rings. The zero-order chi connectivity index (χ0) is 22.7. The number of likely N-dealkylation sites (N-methyl/N-ethyl adjacent to an activating group) is 1. The highest BCUT2D eigenvalue weighted by molar-refractivity contribution is 6.45. The second kappa shape index (κ2) is 9.25. The Hall–Kier alpha value is -3.63. The van der Waals surface area contributed by atoms with E-state index in [1.54, 1.807) is 24.3 Å². The van der Waals surface area contributed by atoms with Crippen molar-refractivity contribution in [1.29, 1.82) is 5.26 Å². The maximum atomic E-state index is 13.6. The van der Waals surface area contributed by atoms with Crippen molar-refractivity contribution in [2.45, 2.75) is 13.3 Å². The van der Waals surface area contributed by atoms with Gasteiger partial charge in [0.2, 0.25) is 0 Å². The molecule has 0 N–H and O–H groups in total. The highest BCUT2D eigenvalue weighted by Crippen LogP contribution is 2.35. The van der Waals surface area contributed by atoms with Gasteiger partial charge in [0, 0.05) is 26.2 Å². The van der Waals surface area contributed by atoms with Gasteiger partial charge in [0.15, 0.2) is 0 Å². The molecule has 7 nitrogen and oxygen atoms in total. The molecule has 0 unspecified atom stereocenters. The number of imide groups is 1. The number of benzene rings is 2. The first kappa shape index (κ1) is 21.6. The fourth-order valence-corrected chi connectivity index (χ4v) is 3.96. The Morgan fingerprint density at radius 2 is 1.59 bits per heavy atom. The molecule has 32 heavy (non-hydrogen) atoms. The molecular weight excluding hydrogens is 404 g/mol. The largest absolute Gasteiger partial charge is 0.494 e. The summed E-state index contributed by atoms with van der Waals surface area (Å²) in [4.78, 5) is 32.5. The van der Waals surface area contributed by atoms with Crippen LogP contribution in [0.25, 0.3) is 5.57 Å². The van der Waals surface area contributed by atoms with Crippen LogP contribution in [0.15, 0.2) is 54.2 Å². The van der Waals surface area contributed by atoms with Crippen LogP contribution < -0.4 is 9.64 Å². The molecule has 2 aromatic carbocycles. The third-order valence-corrected chi connectivity index (χ3v) is 5.75. The van der Waals surface area contributed by atoms with E-state index < -0.39 is 0 Å². The van der Waals surface area contributed by atoms with Crippen LogP contribution in [0.5, 0.6) is 5.75 Å². The normalized spacial score (nSPS) is 17.2. The summed E-state index contributed by atoms with van der Waals surface area (Å²) < 4.78 is 5.67. The SMILES string of the molecule is CCCOc1ccc(C2=C(N3CCN(C)CC3)C(=O)N(c3ccc(C#N)cc3)C2=O)cc1. The Morgan fingerprint density at radius 1 is 0.938 bits per heavy atom. The van der Waals surface area contributed by atoms with Gasteiger partial charge in [-0.1, -0.05) is 19.1 Å². The molecule has 7 heteroatoms. The third-order valence-electron chi connectivity index (χ3n) is 5.75. The molecule has 1 fully saturated rings. The zero-order valence-electron chi connectivity index (χ0n) is 18.4. The molecule has 0 saturated carbocycles. The Balaban J connectivity index is 1.73. The van der Waals surface area contributed by atoms with Crippen LogP contribution in [0.3, 0.4) is 0 Å². The first-order valence-electron chi connectivity index (χ1n) is 10.8. The van der Waals surface area contributed by atoms with E-state index in [1.807, 2.05) is 43.1 Å². The van der Waals surface area contributed by atoms with E-state index in [2.05, 4.69) is 11.0 Å². The molecule has 2 aliphatic heterocycles. The van der Waals surface area contributed by atoms with Gasteiger partial charge in [0.25, 0.3) is 11.8 Å². The van der Waals surface area contributed by atoms with Crippen molar-refractivity contribution in [2.24, 2.45) is 0 Å². The number of rotatable bonds is 6. The number of nitriles is 1. The molecule has 0 spiro atoms. The maximum absolute atomic E-state index is 13.6. The van der Waals surface area contributed by atoms with Gasteiger partial charge >= 0.3 is 0 Å². The van der Waals surface area contributed by atoms with Crippen molar-refractivity contribution >= 4 is 23.1 Å². The highest BCUT2D eigenvalue weighted by Gasteiger charge is 2.42. The lowest BCUT2D eigenvalue weighted by molar-refractivity contribution is -0.120. The summed E-state index contributed by atoms with van der Waals surface area (Å²) in [5.74, 6) is 0.0551. The van der Waals surface area contributed by atoms with Gasteiger partial charge in [-0.05, 0) is 55.4 Å². The molecule has 0 aromatic heterocycles. The lowest BCUT2D eigenvalue weighted by Crippen LogP contribution is -2.46. The van der Waals surface area contributed by atoms with Crippen LogP contribution in [-0.4, -0.2) is 61.4 Å². The van der Waals surface area contributed by atoms with Crippen LogP contribution in [0.4, 0.5) is 5.69 Å². The monoisotopic (exact) mass is 430 g/mol. The molecule has 1 saturated heterocycles. The van der Waals surface area contributed by atoms with E-state index in [0.29, 0.717) is 47.8 Å². The van der Waals surface area contributed by atoms with Crippen LogP contribution in [0.2, 0.25) is 0 Å². The number of amides is 2. The van der Waals surface area contributed by atoms with E-state index in [4.69, 9.17) is 10.00 Å². The number of anilines is 1. The fourth-order valence-electron chi connectivity index (χ4n) is 3.96. The predicted octanol–water partition coefficient (Wildman–Crippen LogP) is 2.88. The van der Waals surface area contributed by atoms with E-state index in [-0.39, 0.29) is 11.8 Å². The first-order valence-corrected chi connectivity index (χ1v) is 10.8. The Morgan fingerprint density at radius 3 is 2.19 bits per heavy atom. The van der Waals surface area contributed by atoms with Crippen molar-refractivity contribution in [1.82, 2.24) is 9.80 Å². The summed E-state index contributed by atoms with van der Waals surface area (Å²) >= 11 is 0. The van der Waals surface area contributed by atoms with Gasteiger partial charge in [-0.15, -0.1) is 0 Å². The minimum atomic E-state index is -0.351. The van der Waals surface area contributed by atoms with Crippen molar-refractivity contribution in [3.05, 3.63) is 65.4 Å². The van der Waals surface area contributed by atoms with Gasteiger partial charge in [-0.25, -0.2) is 4.90 Å². The quantitative estimate of drug-likeness (QED) is 0.656. The molecule has 0 atom stereocenters. The lowest BCUT2D eigenvalue weighted by atomic mass is 10.0. The summed E-state index contributed by atoms with van der Waals surface area (Å²) in [6, 6.07) is 15.9. The summed E-state index contributed by atoms with van der Waals surface area (Å²) in [7, 11) is 2.05. The number of piperazine rings is 1. The summed E-state index contributed by atoms with van der Waals surface area (Å²) in [5, 5.41) is 9.07. The Labute approximate surface area is 188 Å². The van der Waals surface area contributed by atoms with Crippen LogP contribution in [-0.2, 0) is 9.59 Å². The number of nitrogens with zero attached hydrogens (tertiary/aromatic N) is 4. The van der Waals surface area contributed by atoms with Gasteiger partial charge in [-0.3, -0.25) is 9.59 Å². The van der Waals surface area contributed by atoms with Gasteiger partial charge in [0.05, 0.1) is 29.5 Å². The molecule has 2 heterocycles. The van der Waals surface area contributed by atoms with E-state index in [1.165, 1.54) is 4.90 Å². The molecular formula is C25H26N4O3. The van der Waals surface area contributed by atoms with Crippen molar-refractivity contribution in [3.63, 3.8) is 0 Å². The highest BCUT2D eigenvalue weighted by atomic mass is 16.5. The molecule has 164 valence electrons. The Bertz CT molecular complexity index is 1080. The smallest absolute Gasteiger partial charge is 0.282 e. The van der Waals surface area contributed by atoms with Crippen molar-refractivity contribution in [2.75, 3.05) is 44.7 Å². The number of carbonyl (C=O) groups excluding carboxylic acids is 2. The summed E-state index contributed by atoms with van der Waals surface area (Å²) in [6.45, 7) is 5.65. The maximum Gasteiger partial charge on any atom is 0.282 e. The van der Waals surface area contributed by atoms with Crippen LogP contribution in [0.1, 0.15) is 24.5 Å². The average molecular weight is 431 g/mol. The summed E-state index contributed by atoms with van der Waals surface area (Å²) in [5.41, 5.74) is 2.48. The van der Waals surface area contributed by atoms with Gasteiger partial charge in [0.1, 0.15) is 11.4 Å². The second-order valence-corrected chi connectivity index (χ2v) is 7.99. The summed E-state index contributed by atoms with van der Waals surface area (Å²) in [6.07, 6.45) is 0.910. The van der Waals surface area contributed by atoms with Crippen LogP contribution in [0, 0.1) is 11.3 Å². The average Bonchev–Trinajstić information content (AvgIpc) is 3.08.